The molecule has 1 unspecified atom stereocenters. The van der Waals surface area contributed by atoms with Gasteiger partial charge in [-0.3, -0.25) is 14.6 Å². The summed E-state index contributed by atoms with van der Waals surface area (Å²) in [4.78, 5) is 25.0. The number of hydrogen-bond donors (Lipinski definition) is 1. The SMILES string of the molecule is CC(=O)OCc1ncc(C(C)C(=O)O)cc1F. The highest BCUT2D eigenvalue weighted by molar-refractivity contribution is 5.75. The maximum atomic E-state index is 13.5. The molecule has 0 saturated carbocycles. The number of aliphatic carboxylic acids is 1. The van der Waals surface area contributed by atoms with E-state index in [4.69, 9.17) is 5.11 Å². The van der Waals surface area contributed by atoms with Gasteiger partial charge in [-0.05, 0) is 18.6 Å². The first kappa shape index (κ1) is 13.1. The van der Waals surface area contributed by atoms with Gasteiger partial charge < -0.3 is 9.84 Å². The zero-order chi connectivity index (χ0) is 13.0. The highest BCUT2D eigenvalue weighted by Crippen LogP contribution is 2.17. The maximum absolute atomic E-state index is 13.5. The van der Waals surface area contributed by atoms with Crippen molar-refractivity contribution in [2.24, 2.45) is 0 Å². The molecule has 0 saturated heterocycles. The van der Waals surface area contributed by atoms with Gasteiger partial charge in [0.15, 0.2) is 0 Å². The highest BCUT2D eigenvalue weighted by Gasteiger charge is 2.16. The molecule has 1 aromatic rings. The van der Waals surface area contributed by atoms with Crippen LogP contribution in [0.25, 0.3) is 0 Å². The van der Waals surface area contributed by atoms with Gasteiger partial charge in [-0.2, -0.15) is 0 Å². The van der Waals surface area contributed by atoms with Gasteiger partial charge in [0.25, 0.3) is 0 Å². The molecule has 0 radical (unpaired) electrons. The van der Waals surface area contributed by atoms with E-state index in [2.05, 4.69) is 9.72 Å². The summed E-state index contributed by atoms with van der Waals surface area (Å²) >= 11 is 0. The van der Waals surface area contributed by atoms with Crippen molar-refractivity contribution in [3.63, 3.8) is 0 Å². The van der Waals surface area contributed by atoms with Crippen LogP contribution >= 0.6 is 0 Å². The molecule has 0 aliphatic carbocycles. The second kappa shape index (κ2) is 5.38. The predicted octanol–water partition coefficient (Wildman–Crippen LogP) is 1.47. The molecule has 0 amide bonds. The number of hydrogen-bond acceptors (Lipinski definition) is 4. The van der Waals surface area contributed by atoms with Crippen molar-refractivity contribution in [3.05, 3.63) is 29.3 Å². The van der Waals surface area contributed by atoms with E-state index < -0.39 is 23.7 Å². The van der Waals surface area contributed by atoms with Gasteiger partial charge in [-0.15, -0.1) is 0 Å². The number of esters is 1. The monoisotopic (exact) mass is 241 g/mol. The fourth-order valence-electron chi connectivity index (χ4n) is 1.14. The summed E-state index contributed by atoms with van der Waals surface area (Å²) in [5.41, 5.74) is 0.239. The molecular formula is C11H12FNO4. The zero-order valence-corrected chi connectivity index (χ0v) is 9.44. The predicted molar refractivity (Wildman–Crippen MR) is 55.7 cm³/mol. The number of aromatic nitrogens is 1. The molecule has 1 rings (SSSR count). The van der Waals surface area contributed by atoms with Gasteiger partial charge in [-0.25, -0.2) is 4.39 Å². The molecule has 0 spiro atoms. The molecule has 0 aromatic carbocycles. The molecule has 92 valence electrons. The quantitative estimate of drug-likeness (QED) is 0.808. The number of halogens is 1. The lowest BCUT2D eigenvalue weighted by atomic mass is 10.0. The van der Waals surface area contributed by atoms with Crippen LogP contribution in [0.2, 0.25) is 0 Å². The van der Waals surface area contributed by atoms with Gasteiger partial charge >= 0.3 is 11.9 Å². The van der Waals surface area contributed by atoms with Crippen molar-refractivity contribution in [2.75, 3.05) is 0 Å². The molecule has 6 heteroatoms. The number of carbonyl (C=O) groups excluding carboxylic acids is 1. The van der Waals surface area contributed by atoms with Gasteiger partial charge in [-0.1, -0.05) is 0 Å². The molecule has 5 nitrogen and oxygen atoms in total. The molecule has 0 bridgehead atoms. The van der Waals surface area contributed by atoms with E-state index in [1.165, 1.54) is 20.0 Å². The molecule has 0 fully saturated rings. The van der Waals surface area contributed by atoms with E-state index in [0.717, 1.165) is 6.07 Å². The first-order chi connectivity index (χ1) is 7.91. The van der Waals surface area contributed by atoms with E-state index in [-0.39, 0.29) is 17.9 Å². The number of rotatable bonds is 4. The van der Waals surface area contributed by atoms with Crippen LogP contribution in [0.1, 0.15) is 31.0 Å². The molecule has 1 atom stereocenters. The van der Waals surface area contributed by atoms with Crippen molar-refractivity contribution in [1.82, 2.24) is 4.98 Å². The van der Waals surface area contributed by atoms with Crippen LogP contribution in [0, 0.1) is 5.82 Å². The van der Waals surface area contributed by atoms with Gasteiger partial charge in [0.1, 0.15) is 18.1 Å². The summed E-state index contributed by atoms with van der Waals surface area (Å²) in [7, 11) is 0. The molecule has 0 aliphatic heterocycles. The second-order valence-corrected chi connectivity index (χ2v) is 3.54. The van der Waals surface area contributed by atoms with Crippen LogP contribution in [0.5, 0.6) is 0 Å². The summed E-state index contributed by atoms with van der Waals surface area (Å²) in [6.45, 7) is 2.38. The fourth-order valence-corrected chi connectivity index (χ4v) is 1.14. The van der Waals surface area contributed by atoms with Crippen LogP contribution in [0.15, 0.2) is 12.3 Å². The first-order valence-electron chi connectivity index (χ1n) is 4.92. The third kappa shape index (κ3) is 3.51. The summed E-state index contributed by atoms with van der Waals surface area (Å²) in [6.07, 6.45) is 1.26. The van der Waals surface area contributed by atoms with Crippen LogP contribution < -0.4 is 0 Å². The standard InChI is InChI=1S/C11H12FNO4/c1-6(11(15)16)8-3-9(12)10(13-4-8)5-17-7(2)14/h3-4,6H,5H2,1-2H3,(H,15,16). The van der Waals surface area contributed by atoms with Crippen molar-refractivity contribution < 1.29 is 23.8 Å². The first-order valence-corrected chi connectivity index (χ1v) is 4.92. The molecule has 1 aromatic heterocycles. The number of carboxylic acids is 1. The third-order valence-electron chi connectivity index (χ3n) is 2.22. The molecule has 1 N–H and O–H groups in total. The Morgan fingerprint density at radius 1 is 1.59 bits per heavy atom. The number of carboxylic acid groups (broad SMARTS) is 1. The van der Waals surface area contributed by atoms with Gasteiger partial charge in [0.05, 0.1) is 5.92 Å². The summed E-state index contributed by atoms with van der Waals surface area (Å²) in [6, 6.07) is 1.09. The van der Waals surface area contributed by atoms with E-state index in [0.29, 0.717) is 0 Å². The molecule has 17 heavy (non-hydrogen) atoms. The Hall–Kier alpha value is -1.98. The topological polar surface area (TPSA) is 76.5 Å². The van der Waals surface area contributed by atoms with E-state index in [1.54, 1.807) is 0 Å². The van der Waals surface area contributed by atoms with Crippen molar-refractivity contribution in [2.45, 2.75) is 26.4 Å². The lowest BCUT2D eigenvalue weighted by molar-refractivity contribution is -0.142. The van der Waals surface area contributed by atoms with Gasteiger partial charge in [0, 0.05) is 13.1 Å². The van der Waals surface area contributed by atoms with Crippen LogP contribution in [0.4, 0.5) is 4.39 Å². The molecular weight excluding hydrogens is 229 g/mol. The van der Waals surface area contributed by atoms with Crippen molar-refractivity contribution in [3.8, 4) is 0 Å². The Balaban J connectivity index is 2.86. The number of carbonyl (C=O) groups is 2. The Morgan fingerprint density at radius 3 is 2.71 bits per heavy atom. The zero-order valence-electron chi connectivity index (χ0n) is 9.44. The minimum atomic E-state index is -1.06. The molecule has 0 aliphatic rings. The smallest absolute Gasteiger partial charge is 0.310 e. The third-order valence-corrected chi connectivity index (χ3v) is 2.22. The number of ether oxygens (including phenoxy) is 1. The minimum absolute atomic E-state index is 0.0264. The minimum Gasteiger partial charge on any atom is -0.481 e. The largest absolute Gasteiger partial charge is 0.481 e. The van der Waals surface area contributed by atoms with E-state index >= 15 is 0 Å². The van der Waals surface area contributed by atoms with Crippen molar-refractivity contribution >= 4 is 11.9 Å². The average Bonchev–Trinajstić information content (AvgIpc) is 2.26. The second-order valence-electron chi connectivity index (χ2n) is 3.54. The Labute approximate surface area is 97.2 Å². The Morgan fingerprint density at radius 2 is 2.24 bits per heavy atom. The lowest BCUT2D eigenvalue weighted by Crippen LogP contribution is -2.10. The van der Waals surface area contributed by atoms with Crippen LogP contribution in [-0.4, -0.2) is 22.0 Å². The molecule has 1 heterocycles. The average molecular weight is 241 g/mol. The summed E-state index contributed by atoms with van der Waals surface area (Å²) < 4.78 is 18.1. The fraction of sp³-hybridized carbons (Fsp3) is 0.364. The van der Waals surface area contributed by atoms with Gasteiger partial charge in [0.2, 0.25) is 0 Å². The maximum Gasteiger partial charge on any atom is 0.310 e. The summed E-state index contributed by atoms with van der Waals surface area (Å²) in [5.74, 6) is -3.11. The van der Waals surface area contributed by atoms with E-state index in [9.17, 15) is 14.0 Å². The van der Waals surface area contributed by atoms with E-state index in [1.807, 2.05) is 0 Å². The summed E-state index contributed by atoms with van der Waals surface area (Å²) in [5, 5.41) is 8.75. The normalized spacial score (nSPS) is 11.9. The van der Waals surface area contributed by atoms with Crippen molar-refractivity contribution in [1.29, 1.82) is 0 Å². The Bertz CT molecular complexity index is 447. The number of nitrogens with zero attached hydrogens (tertiary/aromatic N) is 1. The lowest BCUT2D eigenvalue weighted by Gasteiger charge is -2.08. The Kier molecular flexibility index (Phi) is 4.14. The van der Waals surface area contributed by atoms with Crippen LogP contribution in [0.3, 0.4) is 0 Å². The number of pyridine rings is 1. The highest BCUT2D eigenvalue weighted by atomic mass is 19.1. The van der Waals surface area contributed by atoms with Crippen LogP contribution in [-0.2, 0) is 20.9 Å².